The van der Waals surface area contributed by atoms with Gasteiger partial charge >= 0.3 is 0 Å². The standard InChI is InChI=1S/C33H40O21/c1-9-20(39)23(42)26(45)31(49-9)48-8-18-22(41)25(44)27(46)32(53-18)51-16-4-10(2-3-11(16)35)15-6-13(37)19-12(36)5-14(38)29(30(19)50-15)54-33-28(47)24(43)21(40)17(7-34)52-33/h2-6,9,17-18,20-28,31-36,38-47H,7-8H2,1H3/t9?,17?,18-,20+,21-,22-,23?,24+,25?,26+,27?,28?,31-,32-,33+/m1/s1. The minimum Gasteiger partial charge on any atom is -0.507 e. The Labute approximate surface area is 303 Å². The molecule has 3 aliphatic heterocycles. The van der Waals surface area contributed by atoms with E-state index >= 15 is 0 Å². The van der Waals surface area contributed by atoms with Gasteiger partial charge in [0.1, 0.15) is 84.0 Å². The summed E-state index contributed by atoms with van der Waals surface area (Å²) in [6.07, 6.45) is -24.8. The van der Waals surface area contributed by atoms with Gasteiger partial charge in [0, 0.05) is 17.7 Å². The second kappa shape index (κ2) is 15.7. The minimum atomic E-state index is -1.93. The van der Waals surface area contributed by atoms with E-state index in [1.165, 1.54) is 13.0 Å². The molecule has 54 heavy (non-hydrogen) atoms. The number of fused-ring (bicyclic) bond motifs is 1. The van der Waals surface area contributed by atoms with Crippen LogP contribution in [0.15, 0.2) is 39.5 Å². The zero-order chi connectivity index (χ0) is 39.3. The smallest absolute Gasteiger partial charge is 0.229 e. The highest BCUT2D eigenvalue weighted by atomic mass is 16.7. The number of aliphatic hydroxyl groups is 10. The van der Waals surface area contributed by atoms with E-state index in [2.05, 4.69) is 0 Å². The van der Waals surface area contributed by atoms with Gasteiger partial charge in [-0.1, -0.05) is 0 Å². The Balaban J connectivity index is 1.26. The van der Waals surface area contributed by atoms with Crippen LogP contribution in [0.5, 0.6) is 28.7 Å². The number of aromatic hydroxyl groups is 3. The van der Waals surface area contributed by atoms with E-state index in [1.54, 1.807) is 0 Å². The van der Waals surface area contributed by atoms with Crippen molar-refractivity contribution in [3.8, 4) is 40.1 Å². The van der Waals surface area contributed by atoms with Gasteiger partial charge in [-0.3, -0.25) is 4.79 Å². The molecule has 6 rings (SSSR count). The summed E-state index contributed by atoms with van der Waals surface area (Å²) in [5, 5.41) is 134. The Morgan fingerprint density at radius 2 is 1.22 bits per heavy atom. The number of ether oxygens (including phenoxy) is 6. The van der Waals surface area contributed by atoms with Gasteiger partial charge in [0.05, 0.1) is 19.3 Å². The zero-order valence-corrected chi connectivity index (χ0v) is 28.0. The van der Waals surface area contributed by atoms with Crippen molar-refractivity contribution in [2.45, 2.75) is 99.0 Å². The highest BCUT2D eigenvalue weighted by Crippen LogP contribution is 2.43. The molecule has 21 nitrogen and oxygen atoms in total. The van der Waals surface area contributed by atoms with Crippen LogP contribution in [0.3, 0.4) is 0 Å². The summed E-state index contributed by atoms with van der Waals surface area (Å²) in [4.78, 5) is 13.3. The summed E-state index contributed by atoms with van der Waals surface area (Å²) in [5.74, 6) is -3.48. The molecule has 298 valence electrons. The van der Waals surface area contributed by atoms with Crippen molar-refractivity contribution >= 4 is 11.0 Å². The summed E-state index contributed by atoms with van der Waals surface area (Å²) in [7, 11) is 0. The first kappa shape index (κ1) is 39.8. The molecule has 0 bridgehead atoms. The Bertz CT molecular complexity index is 1850. The number of benzene rings is 2. The molecular weight excluding hydrogens is 732 g/mol. The van der Waals surface area contributed by atoms with Crippen LogP contribution in [0.1, 0.15) is 6.92 Å². The van der Waals surface area contributed by atoms with Crippen LogP contribution in [0.2, 0.25) is 0 Å². The van der Waals surface area contributed by atoms with Crippen LogP contribution in [0.25, 0.3) is 22.3 Å². The molecule has 13 N–H and O–H groups in total. The third-order valence-electron chi connectivity index (χ3n) is 9.39. The first-order valence-electron chi connectivity index (χ1n) is 16.5. The molecule has 1 aromatic heterocycles. The normalized spacial score (nSPS) is 37.3. The number of phenols is 3. The van der Waals surface area contributed by atoms with Crippen LogP contribution in [-0.4, -0.2) is 172 Å². The largest absolute Gasteiger partial charge is 0.507 e. The van der Waals surface area contributed by atoms with Crippen molar-refractivity contribution in [2.75, 3.05) is 13.2 Å². The van der Waals surface area contributed by atoms with E-state index < -0.39 is 150 Å². The third kappa shape index (κ3) is 7.39. The molecule has 21 heteroatoms. The summed E-state index contributed by atoms with van der Waals surface area (Å²) in [6.45, 7) is 0.0220. The van der Waals surface area contributed by atoms with Crippen LogP contribution in [-0.2, 0) is 18.9 Å². The zero-order valence-electron chi connectivity index (χ0n) is 28.0. The van der Waals surface area contributed by atoms with Gasteiger partial charge in [0.2, 0.25) is 18.3 Å². The molecule has 3 fully saturated rings. The molecule has 6 unspecified atom stereocenters. The number of hydrogen-bond acceptors (Lipinski definition) is 21. The second-order valence-corrected chi connectivity index (χ2v) is 13.1. The fourth-order valence-corrected chi connectivity index (χ4v) is 6.20. The molecule has 4 heterocycles. The minimum absolute atomic E-state index is 0.00696. The molecule has 0 aliphatic carbocycles. The number of phenolic OH excluding ortho intramolecular Hbond substituents is 3. The summed E-state index contributed by atoms with van der Waals surface area (Å²) in [6, 6.07) is 5.11. The molecule has 0 radical (unpaired) electrons. The van der Waals surface area contributed by atoms with Gasteiger partial charge in [0.15, 0.2) is 34.6 Å². The Morgan fingerprint density at radius 3 is 1.89 bits per heavy atom. The molecule has 0 spiro atoms. The number of rotatable bonds is 9. The summed E-state index contributed by atoms with van der Waals surface area (Å²) in [5.41, 5.74) is -1.48. The van der Waals surface area contributed by atoms with Crippen molar-refractivity contribution in [1.29, 1.82) is 0 Å². The van der Waals surface area contributed by atoms with E-state index in [-0.39, 0.29) is 11.3 Å². The predicted molar refractivity (Wildman–Crippen MR) is 173 cm³/mol. The van der Waals surface area contributed by atoms with E-state index in [1.807, 2.05) is 0 Å². The van der Waals surface area contributed by atoms with Crippen molar-refractivity contribution in [2.24, 2.45) is 0 Å². The maximum atomic E-state index is 13.3. The lowest BCUT2D eigenvalue weighted by molar-refractivity contribution is -0.318. The van der Waals surface area contributed by atoms with Crippen molar-refractivity contribution in [3.63, 3.8) is 0 Å². The van der Waals surface area contributed by atoms with Crippen LogP contribution in [0, 0.1) is 0 Å². The quantitative estimate of drug-likeness (QED) is 0.0980. The third-order valence-corrected chi connectivity index (χ3v) is 9.39. The fraction of sp³-hybridized carbons (Fsp3) is 0.545. The highest BCUT2D eigenvalue weighted by molar-refractivity contribution is 5.91. The van der Waals surface area contributed by atoms with Gasteiger partial charge in [-0.05, 0) is 25.1 Å². The van der Waals surface area contributed by atoms with Crippen LogP contribution in [0.4, 0.5) is 0 Å². The van der Waals surface area contributed by atoms with E-state index in [4.69, 9.17) is 32.8 Å². The van der Waals surface area contributed by atoms with Gasteiger partial charge in [0.25, 0.3) is 0 Å². The summed E-state index contributed by atoms with van der Waals surface area (Å²) < 4.78 is 38.9. The van der Waals surface area contributed by atoms with Gasteiger partial charge in [-0.15, -0.1) is 0 Å². The first-order chi connectivity index (χ1) is 25.5. The molecular formula is C33H40O21. The van der Waals surface area contributed by atoms with Gasteiger partial charge in [-0.2, -0.15) is 0 Å². The SMILES string of the molecule is CC1O[C@@H](OC[C@H]2O[C@@H](Oc3cc(-c4cc(=O)c5c(O)cc(O)c(O[C@@H]6OC(CO)[C@@H](O)[C@H](O)C6O)c5o4)ccc3O)C(O)C(O)[C@@H]2O)[C@@H](O)C(O)[C@H]1O. The lowest BCUT2D eigenvalue weighted by Crippen LogP contribution is -2.61. The maximum absolute atomic E-state index is 13.3. The van der Waals surface area contributed by atoms with E-state index in [0.717, 1.165) is 24.3 Å². The molecule has 3 aromatic rings. The van der Waals surface area contributed by atoms with E-state index in [0.29, 0.717) is 0 Å². The molecule has 2 aromatic carbocycles. The molecule has 0 saturated carbocycles. The summed E-state index contributed by atoms with van der Waals surface area (Å²) >= 11 is 0. The second-order valence-electron chi connectivity index (χ2n) is 13.1. The molecule has 3 aliphatic rings. The lowest BCUT2D eigenvalue weighted by Gasteiger charge is -2.42. The average Bonchev–Trinajstić information content (AvgIpc) is 3.14. The predicted octanol–water partition coefficient (Wildman–Crippen LogP) is -4.21. The van der Waals surface area contributed by atoms with Crippen molar-refractivity contribution in [1.82, 2.24) is 0 Å². The maximum Gasteiger partial charge on any atom is 0.229 e. The monoisotopic (exact) mass is 772 g/mol. The number of aliphatic hydroxyl groups excluding tert-OH is 10. The lowest BCUT2D eigenvalue weighted by atomic mass is 9.98. The Kier molecular flexibility index (Phi) is 11.5. The fourth-order valence-electron chi connectivity index (χ4n) is 6.20. The van der Waals surface area contributed by atoms with Crippen LogP contribution < -0.4 is 14.9 Å². The highest BCUT2D eigenvalue weighted by Gasteiger charge is 2.48. The topological polar surface area (TPSA) is 349 Å². The van der Waals surface area contributed by atoms with Crippen molar-refractivity contribution < 1.29 is 99.2 Å². The Hall–Kier alpha value is -3.91. The number of hydrogen-bond donors (Lipinski definition) is 13. The van der Waals surface area contributed by atoms with Crippen LogP contribution >= 0.6 is 0 Å². The first-order valence-corrected chi connectivity index (χ1v) is 16.5. The average molecular weight is 773 g/mol. The molecule has 15 atom stereocenters. The van der Waals surface area contributed by atoms with Crippen molar-refractivity contribution in [3.05, 3.63) is 40.6 Å². The molecule has 3 saturated heterocycles. The molecule has 0 amide bonds. The Morgan fingerprint density at radius 1 is 0.630 bits per heavy atom. The van der Waals surface area contributed by atoms with Gasteiger partial charge in [-0.25, -0.2) is 0 Å². The van der Waals surface area contributed by atoms with Gasteiger partial charge < -0.3 is 99.2 Å². The van der Waals surface area contributed by atoms with E-state index in [9.17, 15) is 71.2 Å².